The molecule has 102 valence electrons. The van der Waals surface area contributed by atoms with Gasteiger partial charge in [-0.25, -0.2) is 9.78 Å². The fourth-order valence-corrected chi connectivity index (χ4v) is 2.40. The fourth-order valence-electron chi connectivity index (χ4n) is 2.24. The van der Waals surface area contributed by atoms with Crippen LogP contribution in [-0.4, -0.2) is 4.98 Å². The summed E-state index contributed by atoms with van der Waals surface area (Å²) in [6, 6.07) is 14.2. The molecule has 2 heterocycles. The first-order valence-corrected chi connectivity index (χ1v) is 6.68. The first kappa shape index (κ1) is 12.2. The standard InChI is InChI=1S/C16H8ClNO3/c17-10-5-6-11-12(8-10)18-15(21-16(11)19)14-7-9-3-1-2-4-13(9)20-14/h1-8H. The molecule has 2 aromatic heterocycles. The Hall–Kier alpha value is -2.59. The van der Waals surface area contributed by atoms with Crippen molar-refractivity contribution in [2.45, 2.75) is 0 Å². The van der Waals surface area contributed by atoms with Crippen molar-refractivity contribution < 1.29 is 8.83 Å². The molecular weight excluding hydrogens is 290 g/mol. The van der Waals surface area contributed by atoms with Crippen molar-refractivity contribution in [1.29, 1.82) is 0 Å². The second kappa shape index (κ2) is 4.46. The molecule has 4 nitrogen and oxygen atoms in total. The predicted molar refractivity (Wildman–Crippen MR) is 80.5 cm³/mol. The first-order valence-electron chi connectivity index (χ1n) is 6.30. The summed E-state index contributed by atoms with van der Waals surface area (Å²) in [6.07, 6.45) is 0. The van der Waals surface area contributed by atoms with Crippen LogP contribution in [0.15, 0.2) is 62.2 Å². The van der Waals surface area contributed by atoms with Gasteiger partial charge in [0.2, 0.25) is 0 Å². The molecule has 0 radical (unpaired) electrons. The number of rotatable bonds is 1. The van der Waals surface area contributed by atoms with Crippen molar-refractivity contribution >= 4 is 33.5 Å². The van der Waals surface area contributed by atoms with Crippen LogP contribution < -0.4 is 5.63 Å². The molecule has 0 aliphatic heterocycles. The summed E-state index contributed by atoms with van der Waals surface area (Å²) in [6.45, 7) is 0. The number of hydrogen-bond acceptors (Lipinski definition) is 4. The number of nitrogens with zero attached hydrogens (tertiary/aromatic N) is 1. The van der Waals surface area contributed by atoms with Crippen molar-refractivity contribution in [3.05, 3.63) is 64.0 Å². The molecule has 4 rings (SSSR count). The second-order valence-corrected chi connectivity index (χ2v) is 5.05. The predicted octanol–water partition coefficient (Wildman–Crippen LogP) is 4.25. The SMILES string of the molecule is O=c1oc(-c2cc3ccccc3o2)nc2cc(Cl)ccc12. The van der Waals surface area contributed by atoms with Crippen LogP contribution in [0.2, 0.25) is 5.02 Å². The number of fused-ring (bicyclic) bond motifs is 2. The molecule has 0 unspecified atom stereocenters. The topological polar surface area (TPSA) is 56.2 Å². The van der Waals surface area contributed by atoms with Crippen molar-refractivity contribution in [2.75, 3.05) is 0 Å². The monoisotopic (exact) mass is 297 g/mol. The summed E-state index contributed by atoms with van der Waals surface area (Å²) in [5, 5.41) is 1.82. The average Bonchev–Trinajstić information content (AvgIpc) is 2.90. The number of halogens is 1. The smallest absolute Gasteiger partial charge is 0.347 e. The normalized spacial score (nSPS) is 11.3. The molecule has 0 saturated carbocycles. The molecule has 4 aromatic rings. The Morgan fingerprint density at radius 1 is 1.00 bits per heavy atom. The van der Waals surface area contributed by atoms with E-state index in [1.807, 2.05) is 24.3 Å². The van der Waals surface area contributed by atoms with Crippen LogP contribution in [0, 0.1) is 0 Å². The summed E-state index contributed by atoms with van der Waals surface area (Å²) >= 11 is 5.94. The van der Waals surface area contributed by atoms with Crippen LogP contribution in [0.1, 0.15) is 0 Å². The van der Waals surface area contributed by atoms with Gasteiger partial charge in [0.1, 0.15) is 5.58 Å². The number of benzene rings is 2. The maximum absolute atomic E-state index is 12.0. The Morgan fingerprint density at radius 3 is 2.71 bits per heavy atom. The van der Waals surface area contributed by atoms with Gasteiger partial charge in [-0.1, -0.05) is 29.8 Å². The quantitative estimate of drug-likeness (QED) is 0.527. The fraction of sp³-hybridized carbons (Fsp3) is 0. The summed E-state index contributed by atoms with van der Waals surface area (Å²) in [5.41, 5.74) is 0.726. The van der Waals surface area contributed by atoms with E-state index in [9.17, 15) is 4.79 Å². The molecule has 0 amide bonds. The van der Waals surface area contributed by atoms with E-state index in [4.69, 9.17) is 20.4 Å². The van der Waals surface area contributed by atoms with E-state index in [0.717, 1.165) is 5.39 Å². The van der Waals surface area contributed by atoms with E-state index in [2.05, 4.69) is 4.98 Å². The highest BCUT2D eigenvalue weighted by Crippen LogP contribution is 2.27. The molecule has 0 bridgehead atoms. The van der Waals surface area contributed by atoms with Gasteiger partial charge in [0.25, 0.3) is 5.89 Å². The lowest BCUT2D eigenvalue weighted by atomic mass is 10.2. The van der Waals surface area contributed by atoms with Crippen molar-refractivity contribution in [3.8, 4) is 11.7 Å². The van der Waals surface area contributed by atoms with Gasteiger partial charge in [-0.3, -0.25) is 0 Å². The van der Waals surface area contributed by atoms with Gasteiger partial charge in [0, 0.05) is 10.4 Å². The van der Waals surface area contributed by atoms with Crippen LogP contribution in [-0.2, 0) is 0 Å². The van der Waals surface area contributed by atoms with Crippen LogP contribution in [0.4, 0.5) is 0 Å². The third-order valence-corrected chi connectivity index (χ3v) is 3.46. The average molecular weight is 298 g/mol. The lowest BCUT2D eigenvalue weighted by molar-refractivity contribution is 0.491. The summed E-state index contributed by atoms with van der Waals surface area (Å²) in [7, 11) is 0. The zero-order valence-corrected chi connectivity index (χ0v) is 11.4. The highest BCUT2D eigenvalue weighted by Gasteiger charge is 2.13. The third-order valence-electron chi connectivity index (χ3n) is 3.23. The molecular formula is C16H8ClNO3. The van der Waals surface area contributed by atoms with Crippen LogP contribution in [0.5, 0.6) is 0 Å². The molecule has 0 aliphatic carbocycles. The zero-order chi connectivity index (χ0) is 14.4. The lowest BCUT2D eigenvalue weighted by Gasteiger charge is -1.99. The number of furan rings is 1. The minimum atomic E-state index is -0.466. The largest absolute Gasteiger partial charge is 0.451 e. The van der Waals surface area contributed by atoms with Crippen molar-refractivity contribution in [3.63, 3.8) is 0 Å². The summed E-state index contributed by atoms with van der Waals surface area (Å²) in [4.78, 5) is 16.3. The Balaban J connectivity index is 1.99. The van der Waals surface area contributed by atoms with Gasteiger partial charge < -0.3 is 8.83 Å². The van der Waals surface area contributed by atoms with Crippen LogP contribution in [0.25, 0.3) is 33.5 Å². The third kappa shape index (κ3) is 2.00. The Kier molecular flexibility index (Phi) is 2.59. The molecule has 2 aromatic carbocycles. The van der Waals surface area contributed by atoms with Gasteiger partial charge in [-0.05, 0) is 30.3 Å². The van der Waals surface area contributed by atoms with Crippen LogP contribution in [0.3, 0.4) is 0 Å². The van der Waals surface area contributed by atoms with E-state index in [1.165, 1.54) is 0 Å². The van der Waals surface area contributed by atoms with Gasteiger partial charge in [-0.2, -0.15) is 0 Å². The minimum Gasteiger partial charge on any atom is -0.451 e. The molecule has 0 N–H and O–H groups in total. The second-order valence-electron chi connectivity index (χ2n) is 4.62. The molecule has 0 aliphatic rings. The van der Waals surface area contributed by atoms with Crippen molar-refractivity contribution in [1.82, 2.24) is 4.98 Å². The molecule has 0 fully saturated rings. The molecule has 5 heteroatoms. The van der Waals surface area contributed by atoms with E-state index in [0.29, 0.717) is 27.3 Å². The number of hydrogen-bond donors (Lipinski definition) is 0. The maximum Gasteiger partial charge on any atom is 0.347 e. The number of aromatic nitrogens is 1. The molecule has 0 atom stereocenters. The molecule has 0 saturated heterocycles. The highest BCUT2D eigenvalue weighted by molar-refractivity contribution is 6.31. The maximum atomic E-state index is 12.0. The van der Waals surface area contributed by atoms with Gasteiger partial charge >= 0.3 is 5.63 Å². The van der Waals surface area contributed by atoms with E-state index in [-0.39, 0.29) is 5.89 Å². The summed E-state index contributed by atoms with van der Waals surface area (Å²) < 4.78 is 10.9. The zero-order valence-electron chi connectivity index (χ0n) is 10.7. The Bertz CT molecular complexity index is 999. The molecule has 21 heavy (non-hydrogen) atoms. The van der Waals surface area contributed by atoms with E-state index < -0.39 is 5.63 Å². The highest BCUT2D eigenvalue weighted by atomic mass is 35.5. The Morgan fingerprint density at radius 2 is 1.86 bits per heavy atom. The van der Waals surface area contributed by atoms with Crippen LogP contribution >= 0.6 is 11.6 Å². The van der Waals surface area contributed by atoms with Gasteiger partial charge in [0.05, 0.1) is 10.9 Å². The summed E-state index contributed by atoms with van der Waals surface area (Å²) in [5.74, 6) is 0.557. The van der Waals surface area contributed by atoms with Gasteiger partial charge in [0.15, 0.2) is 5.76 Å². The van der Waals surface area contributed by atoms with E-state index in [1.54, 1.807) is 24.3 Å². The van der Waals surface area contributed by atoms with E-state index >= 15 is 0 Å². The molecule has 0 spiro atoms. The minimum absolute atomic E-state index is 0.144. The number of para-hydroxylation sites is 1. The lowest BCUT2D eigenvalue weighted by Crippen LogP contribution is -2.02. The van der Waals surface area contributed by atoms with Gasteiger partial charge in [-0.15, -0.1) is 0 Å². The Labute approximate surface area is 123 Å². The van der Waals surface area contributed by atoms with Crippen molar-refractivity contribution in [2.24, 2.45) is 0 Å². The first-order chi connectivity index (χ1) is 10.2.